The number of hydrogen-bond acceptors (Lipinski definition) is 3. The van der Waals surface area contributed by atoms with Crippen LogP contribution in [0.2, 0.25) is 0 Å². The second-order valence-electron chi connectivity index (χ2n) is 5.93. The maximum atomic E-state index is 5.89. The molecule has 4 heteroatoms. The Labute approximate surface area is 123 Å². The van der Waals surface area contributed by atoms with E-state index in [2.05, 4.69) is 27.7 Å². The molecule has 0 spiro atoms. The fraction of sp³-hybridized carbons (Fsp3) is 0.625. The molecule has 1 unspecified atom stereocenters. The Morgan fingerprint density at radius 3 is 1.80 bits per heavy atom. The summed E-state index contributed by atoms with van der Waals surface area (Å²) in [5.74, 6) is 0.909. The molecular formula is C16H27BO3. The van der Waals surface area contributed by atoms with Crippen LogP contribution in [0.5, 0.6) is 0 Å². The summed E-state index contributed by atoms with van der Waals surface area (Å²) in [7, 11) is -0.602. The van der Waals surface area contributed by atoms with Gasteiger partial charge >= 0.3 is 7.32 Å². The van der Waals surface area contributed by atoms with Gasteiger partial charge in [-0.2, -0.15) is 0 Å². The standard InChI is InChI=1S/C16H27BO3/c1-13(2)11-18-17(19-12-14(3)4)20-15(5)16-9-7-6-8-10-16/h6-10,13-15H,11-12H2,1-5H3. The van der Waals surface area contributed by atoms with Crippen LogP contribution in [-0.2, 0) is 14.0 Å². The van der Waals surface area contributed by atoms with Crippen LogP contribution in [0.25, 0.3) is 0 Å². The highest BCUT2D eigenvalue weighted by Crippen LogP contribution is 2.18. The molecule has 20 heavy (non-hydrogen) atoms. The molecule has 1 rings (SSSR count). The van der Waals surface area contributed by atoms with E-state index in [9.17, 15) is 0 Å². The van der Waals surface area contributed by atoms with Crippen molar-refractivity contribution in [3.63, 3.8) is 0 Å². The lowest BCUT2D eigenvalue weighted by Crippen LogP contribution is -2.31. The van der Waals surface area contributed by atoms with E-state index in [4.69, 9.17) is 14.0 Å². The van der Waals surface area contributed by atoms with Gasteiger partial charge in [0.25, 0.3) is 0 Å². The van der Waals surface area contributed by atoms with Gasteiger partial charge in [0.1, 0.15) is 0 Å². The third kappa shape index (κ3) is 7.08. The largest absolute Gasteiger partial charge is 0.639 e. The van der Waals surface area contributed by atoms with Crippen molar-refractivity contribution in [2.45, 2.75) is 40.7 Å². The molecule has 0 amide bonds. The third-order valence-electron chi connectivity index (χ3n) is 2.72. The minimum absolute atomic E-state index is 0.0551. The molecule has 0 fully saturated rings. The van der Waals surface area contributed by atoms with Crippen LogP contribution in [0.1, 0.15) is 46.3 Å². The van der Waals surface area contributed by atoms with E-state index in [0.29, 0.717) is 25.0 Å². The summed E-state index contributed by atoms with van der Waals surface area (Å²) in [6, 6.07) is 10.1. The van der Waals surface area contributed by atoms with Gasteiger partial charge < -0.3 is 14.0 Å². The van der Waals surface area contributed by atoms with Crippen LogP contribution < -0.4 is 0 Å². The molecular weight excluding hydrogens is 251 g/mol. The van der Waals surface area contributed by atoms with E-state index in [1.54, 1.807) is 0 Å². The Balaban J connectivity index is 2.53. The number of benzene rings is 1. The van der Waals surface area contributed by atoms with E-state index in [1.807, 2.05) is 37.3 Å². The quantitative estimate of drug-likeness (QED) is 0.637. The molecule has 0 saturated heterocycles. The fourth-order valence-electron chi connectivity index (χ4n) is 1.64. The highest BCUT2D eigenvalue weighted by Gasteiger charge is 2.25. The van der Waals surface area contributed by atoms with Crippen LogP contribution in [0.15, 0.2) is 30.3 Å². The van der Waals surface area contributed by atoms with Gasteiger partial charge in [-0.15, -0.1) is 0 Å². The lowest BCUT2D eigenvalue weighted by molar-refractivity contribution is 0.0498. The van der Waals surface area contributed by atoms with Crippen molar-refractivity contribution in [2.75, 3.05) is 13.2 Å². The SMILES string of the molecule is CC(C)COB(OCC(C)C)OC(C)c1ccccc1. The van der Waals surface area contributed by atoms with Crippen molar-refractivity contribution in [1.29, 1.82) is 0 Å². The summed E-state index contributed by atoms with van der Waals surface area (Å²) in [6.07, 6.45) is -0.0551. The summed E-state index contributed by atoms with van der Waals surface area (Å²) in [4.78, 5) is 0. The van der Waals surface area contributed by atoms with Gasteiger partial charge in [-0.05, 0) is 24.3 Å². The van der Waals surface area contributed by atoms with Crippen LogP contribution in [0, 0.1) is 11.8 Å². The summed E-state index contributed by atoms with van der Waals surface area (Å²) in [5.41, 5.74) is 1.12. The zero-order valence-electron chi connectivity index (χ0n) is 13.3. The first-order valence-electron chi connectivity index (χ1n) is 7.42. The Morgan fingerprint density at radius 1 is 0.850 bits per heavy atom. The Kier molecular flexibility index (Phi) is 7.89. The maximum Gasteiger partial charge on any atom is 0.639 e. The van der Waals surface area contributed by atoms with Crippen LogP contribution in [0.3, 0.4) is 0 Å². The molecule has 0 aromatic heterocycles. The van der Waals surface area contributed by atoms with E-state index < -0.39 is 7.32 Å². The molecule has 0 N–H and O–H groups in total. The van der Waals surface area contributed by atoms with Crippen LogP contribution in [-0.4, -0.2) is 20.5 Å². The Morgan fingerprint density at radius 2 is 1.35 bits per heavy atom. The first-order valence-corrected chi connectivity index (χ1v) is 7.42. The van der Waals surface area contributed by atoms with Gasteiger partial charge in [-0.25, -0.2) is 0 Å². The predicted octanol–water partition coefficient (Wildman–Crippen LogP) is 4.09. The minimum atomic E-state index is -0.602. The van der Waals surface area contributed by atoms with Crippen molar-refractivity contribution in [2.24, 2.45) is 11.8 Å². The summed E-state index contributed by atoms with van der Waals surface area (Å²) in [6.45, 7) is 11.7. The molecule has 1 aromatic carbocycles. The molecule has 0 heterocycles. The highest BCUT2D eigenvalue weighted by atomic mass is 16.7. The van der Waals surface area contributed by atoms with E-state index in [1.165, 1.54) is 0 Å². The molecule has 1 atom stereocenters. The Bertz CT molecular complexity index is 342. The molecule has 0 saturated carbocycles. The molecule has 0 aliphatic rings. The first kappa shape index (κ1) is 17.2. The van der Waals surface area contributed by atoms with Crippen LogP contribution >= 0.6 is 0 Å². The minimum Gasteiger partial charge on any atom is -0.386 e. The molecule has 3 nitrogen and oxygen atoms in total. The molecule has 0 aliphatic carbocycles. The summed E-state index contributed by atoms with van der Waals surface area (Å²) < 4.78 is 17.3. The zero-order valence-corrected chi connectivity index (χ0v) is 13.3. The number of hydrogen-bond donors (Lipinski definition) is 0. The second-order valence-corrected chi connectivity index (χ2v) is 5.93. The van der Waals surface area contributed by atoms with Crippen molar-refractivity contribution >= 4 is 7.32 Å². The second kappa shape index (κ2) is 9.17. The fourth-order valence-corrected chi connectivity index (χ4v) is 1.64. The average molecular weight is 278 g/mol. The van der Waals surface area contributed by atoms with Crippen molar-refractivity contribution in [3.8, 4) is 0 Å². The van der Waals surface area contributed by atoms with Crippen molar-refractivity contribution < 1.29 is 14.0 Å². The molecule has 1 aromatic rings. The summed E-state index contributed by atoms with van der Waals surface area (Å²) in [5, 5.41) is 0. The Hall–Kier alpha value is -0.835. The predicted molar refractivity (Wildman–Crippen MR) is 83.3 cm³/mol. The topological polar surface area (TPSA) is 27.7 Å². The lowest BCUT2D eigenvalue weighted by Gasteiger charge is -2.21. The zero-order chi connectivity index (χ0) is 15.0. The van der Waals surface area contributed by atoms with E-state index in [-0.39, 0.29) is 6.10 Å². The van der Waals surface area contributed by atoms with Gasteiger partial charge in [0.15, 0.2) is 0 Å². The van der Waals surface area contributed by atoms with Gasteiger partial charge in [-0.3, -0.25) is 0 Å². The van der Waals surface area contributed by atoms with Gasteiger partial charge in [-0.1, -0.05) is 58.0 Å². The van der Waals surface area contributed by atoms with Gasteiger partial charge in [0.2, 0.25) is 0 Å². The van der Waals surface area contributed by atoms with E-state index >= 15 is 0 Å². The molecule has 0 radical (unpaired) electrons. The first-order chi connectivity index (χ1) is 9.49. The van der Waals surface area contributed by atoms with E-state index in [0.717, 1.165) is 5.56 Å². The average Bonchev–Trinajstić information content (AvgIpc) is 2.42. The van der Waals surface area contributed by atoms with Gasteiger partial charge in [0, 0.05) is 13.2 Å². The monoisotopic (exact) mass is 278 g/mol. The van der Waals surface area contributed by atoms with Gasteiger partial charge in [0.05, 0.1) is 6.10 Å². The normalized spacial score (nSPS) is 12.9. The number of rotatable bonds is 9. The van der Waals surface area contributed by atoms with Crippen LogP contribution in [0.4, 0.5) is 0 Å². The molecule has 112 valence electrons. The van der Waals surface area contributed by atoms with Crippen molar-refractivity contribution in [1.82, 2.24) is 0 Å². The maximum absolute atomic E-state index is 5.89. The van der Waals surface area contributed by atoms with Crippen molar-refractivity contribution in [3.05, 3.63) is 35.9 Å². The molecule has 0 aliphatic heterocycles. The smallest absolute Gasteiger partial charge is 0.386 e. The molecule has 0 bridgehead atoms. The summed E-state index contributed by atoms with van der Waals surface area (Å²) >= 11 is 0. The third-order valence-corrected chi connectivity index (χ3v) is 2.72. The highest BCUT2D eigenvalue weighted by molar-refractivity contribution is 6.36. The lowest BCUT2D eigenvalue weighted by atomic mass is 10.1.